The van der Waals surface area contributed by atoms with Crippen molar-refractivity contribution in [3.63, 3.8) is 0 Å². The molecule has 2 aliphatic heterocycles. The van der Waals surface area contributed by atoms with Gasteiger partial charge >= 0.3 is 0 Å². The third-order valence-electron chi connectivity index (χ3n) is 5.79. The number of aliphatic imine (C=N–C) groups is 1. The van der Waals surface area contributed by atoms with E-state index in [1.54, 1.807) is 62.5 Å². The summed E-state index contributed by atoms with van der Waals surface area (Å²) in [5, 5.41) is 11.1. The number of para-hydroxylation sites is 1. The van der Waals surface area contributed by atoms with Gasteiger partial charge in [-0.2, -0.15) is 0 Å². The van der Waals surface area contributed by atoms with Crippen LogP contribution in [0, 0.1) is 5.92 Å². The van der Waals surface area contributed by atoms with Gasteiger partial charge in [-0.1, -0.05) is 24.3 Å². The summed E-state index contributed by atoms with van der Waals surface area (Å²) >= 11 is 0. The van der Waals surface area contributed by atoms with Gasteiger partial charge in [0.05, 0.1) is 22.2 Å². The molecule has 9 heteroatoms. The van der Waals surface area contributed by atoms with Crippen LogP contribution < -0.4 is 14.8 Å². The van der Waals surface area contributed by atoms with Gasteiger partial charge in [0.1, 0.15) is 11.5 Å². The van der Waals surface area contributed by atoms with Gasteiger partial charge in [0.15, 0.2) is 5.60 Å². The second kappa shape index (κ2) is 8.08. The van der Waals surface area contributed by atoms with E-state index in [1.165, 1.54) is 23.5 Å². The molecule has 2 aromatic carbocycles. The number of carbonyl (C=O) groups is 1. The Bertz CT molecular complexity index is 1310. The molecule has 0 spiro atoms. The van der Waals surface area contributed by atoms with Crippen molar-refractivity contribution in [3.05, 3.63) is 72.1 Å². The van der Waals surface area contributed by atoms with E-state index in [1.807, 2.05) is 0 Å². The number of ether oxygens (including phenoxy) is 1. The number of hydrogen-bond donors (Lipinski definition) is 2. The lowest BCUT2D eigenvalue weighted by atomic mass is 9.83. The maximum absolute atomic E-state index is 13.4. The zero-order chi connectivity index (χ0) is 24.0. The Labute approximate surface area is 192 Å². The van der Waals surface area contributed by atoms with Gasteiger partial charge in [-0.05, 0) is 50.6 Å². The molecule has 0 bridgehead atoms. The summed E-state index contributed by atoms with van der Waals surface area (Å²) < 4.78 is 33.9. The molecule has 0 aliphatic carbocycles. The van der Waals surface area contributed by atoms with Crippen molar-refractivity contribution >= 4 is 32.9 Å². The van der Waals surface area contributed by atoms with Crippen molar-refractivity contribution in [2.24, 2.45) is 16.6 Å². The second-order valence-electron chi connectivity index (χ2n) is 8.39. The highest BCUT2D eigenvalue weighted by Gasteiger charge is 2.40. The van der Waals surface area contributed by atoms with Crippen LogP contribution in [0.15, 0.2) is 76.5 Å². The normalized spacial score (nSPS) is 19.4. The Balaban J connectivity index is 1.89. The molecule has 33 heavy (non-hydrogen) atoms. The minimum Gasteiger partial charge on any atom is -0.507 e. The van der Waals surface area contributed by atoms with Crippen molar-refractivity contribution in [3.8, 4) is 5.75 Å². The lowest BCUT2D eigenvalue weighted by Gasteiger charge is -2.35. The number of rotatable bonds is 5. The van der Waals surface area contributed by atoms with Crippen molar-refractivity contribution in [2.75, 3.05) is 11.4 Å². The van der Waals surface area contributed by atoms with Crippen molar-refractivity contribution < 1.29 is 23.1 Å². The van der Waals surface area contributed by atoms with E-state index in [-0.39, 0.29) is 21.9 Å². The van der Waals surface area contributed by atoms with Crippen molar-refractivity contribution in [1.29, 1.82) is 0 Å². The molecule has 0 saturated heterocycles. The fraction of sp³-hybridized carbons (Fsp3) is 0.250. The van der Waals surface area contributed by atoms with E-state index in [0.717, 1.165) is 0 Å². The summed E-state index contributed by atoms with van der Waals surface area (Å²) in [5.74, 6) is -1.13. The Morgan fingerprint density at radius 3 is 2.58 bits per heavy atom. The first-order valence-electron chi connectivity index (χ1n) is 10.4. The number of amides is 1. The third-order valence-corrected chi connectivity index (χ3v) is 7.57. The molecule has 8 nitrogen and oxygen atoms in total. The van der Waals surface area contributed by atoms with Gasteiger partial charge in [-0.15, -0.1) is 0 Å². The van der Waals surface area contributed by atoms with Crippen LogP contribution >= 0.6 is 0 Å². The standard InChI is InChI=1S/C24H25N3O5S/c1-24(2)22(28)20(21-17(23(25)29)10-7-13-26-21)18-14-16(11-12-19(18)32-24)33(30,31)27(3)15-8-5-4-6-9-15/h4-9,11-14,17,28H,10H2,1-3H3,(H2,25,29). The number of fused-ring (bicyclic) bond motifs is 1. The van der Waals surface area contributed by atoms with Crippen molar-refractivity contribution in [2.45, 2.75) is 30.8 Å². The van der Waals surface area contributed by atoms with Crippen LogP contribution in [-0.4, -0.2) is 37.8 Å². The number of anilines is 1. The molecule has 0 radical (unpaired) electrons. The number of primary amides is 1. The fourth-order valence-corrected chi connectivity index (χ4v) is 5.14. The van der Waals surface area contributed by atoms with Gasteiger partial charge in [-0.25, -0.2) is 8.42 Å². The van der Waals surface area contributed by atoms with E-state index >= 15 is 0 Å². The molecule has 0 saturated carbocycles. The van der Waals surface area contributed by atoms with E-state index in [9.17, 15) is 18.3 Å². The largest absolute Gasteiger partial charge is 0.507 e. The number of allylic oxidation sites excluding steroid dienone is 2. The van der Waals surface area contributed by atoms with Gasteiger partial charge in [0.25, 0.3) is 10.0 Å². The number of nitrogens with zero attached hydrogens (tertiary/aromatic N) is 2. The minimum atomic E-state index is -3.93. The fourth-order valence-electron chi connectivity index (χ4n) is 3.92. The molecular weight excluding hydrogens is 442 g/mol. The maximum atomic E-state index is 13.4. The summed E-state index contributed by atoms with van der Waals surface area (Å²) in [7, 11) is -2.46. The molecule has 0 fully saturated rings. The van der Waals surface area contributed by atoms with Crippen LogP contribution in [0.3, 0.4) is 0 Å². The third kappa shape index (κ3) is 3.89. The number of benzene rings is 2. The summed E-state index contributed by atoms with van der Waals surface area (Å²) in [6.07, 6.45) is 3.59. The van der Waals surface area contributed by atoms with Gasteiger partial charge < -0.3 is 15.6 Å². The molecular formula is C24H25N3O5S. The summed E-state index contributed by atoms with van der Waals surface area (Å²) in [6.45, 7) is 3.36. The number of hydrogen-bond acceptors (Lipinski definition) is 6. The number of sulfonamides is 1. The van der Waals surface area contributed by atoms with Gasteiger partial charge in [-0.3, -0.25) is 14.1 Å². The van der Waals surface area contributed by atoms with E-state index in [2.05, 4.69) is 4.99 Å². The highest BCUT2D eigenvalue weighted by molar-refractivity contribution is 7.92. The summed E-state index contributed by atoms with van der Waals surface area (Å²) in [5.41, 5.74) is 5.86. The zero-order valence-corrected chi connectivity index (χ0v) is 19.3. The average molecular weight is 468 g/mol. The quantitative estimate of drug-likeness (QED) is 0.698. The Kier molecular flexibility index (Phi) is 5.53. The van der Waals surface area contributed by atoms with Crippen molar-refractivity contribution in [1.82, 2.24) is 0 Å². The molecule has 1 atom stereocenters. The van der Waals surface area contributed by atoms with Gasteiger partial charge in [0.2, 0.25) is 5.91 Å². The molecule has 2 heterocycles. The van der Waals surface area contributed by atoms with Gasteiger partial charge in [0, 0.05) is 24.4 Å². The predicted octanol–water partition coefficient (Wildman–Crippen LogP) is 3.41. The number of carbonyl (C=O) groups excluding carboxylic acids is 1. The van der Waals surface area contributed by atoms with Crippen LogP contribution in [0.2, 0.25) is 0 Å². The number of aliphatic hydroxyl groups is 1. The van der Waals surface area contributed by atoms with Crippen LogP contribution in [0.25, 0.3) is 5.57 Å². The van der Waals surface area contributed by atoms with E-state index < -0.39 is 27.4 Å². The first-order valence-corrected chi connectivity index (χ1v) is 11.8. The SMILES string of the molecule is CN(c1ccccc1)S(=O)(=O)c1ccc2c(c1)C(C1=NC=CCC1C(N)=O)=C(O)C(C)(C)O2. The van der Waals surface area contributed by atoms with E-state index in [0.29, 0.717) is 23.4 Å². The molecule has 2 aromatic rings. The lowest BCUT2D eigenvalue weighted by Crippen LogP contribution is -2.39. The lowest BCUT2D eigenvalue weighted by molar-refractivity contribution is -0.119. The van der Waals surface area contributed by atoms with Crippen LogP contribution in [0.1, 0.15) is 25.8 Å². The molecule has 1 amide bonds. The minimum absolute atomic E-state index is 0.00351. The van der Waals surface area contributed by atoms with Crippen LogP contribution in [0.4, 0.5) is 5.69 Å². The number of aliphatic hydroxyl groups excluding tert-OH is 1. The Morgan fingerprint density at radius 2 is 1.91 bits per heavy atom. The number of nitrogens with two attached hydrogens (primary N) is 1. The molecule has 3 N–H and O–H groups in total. The van der Waals surface area contributed by atoms with Crippen LogP contribution in [0.5, 0.6) is 5.75 Å². The smallest absolute Gasteiger partial charge is 0.264 e. The summed E-state index contributed by atoms with van der Waals surface area (Å²) in [4.78, 5) is 16.5. The second-order valence-corrected chi connectivity index (χ2v) is 10.4. The molecule has 0 aromatic heterocycles. The average Bonchev–Trinajstić information content (AvgIpc) is 2.79. The first kappa shape index (κ1) is 22.6. The molecule has 1 unspecified atom stereocenters. The summed E-state index contributed by atoms with van der Waals surface area (Å²) in [6, 6.07) is 13.1. The van der Waals surface area contributed by atoms with E-state index in [4.69, 9.17) is 10.5 Å². The predicted molar refractivity (Wildman–Crippen MR) is 127 cm³/mol. The monoisotopic (exact) mass is 467 g/mol. The highest BCUT2D eigenvalue weighted by Crippen LogP contribution is 2.43. The highest BCUT2D eigenvalue weighted by atomic mass is 32.2. The first-order chi connectivity index (χ1) is 15.5. The zero-order valence-electron chi connectivity index (χ0n) is 18.5. The molecule has 2 aliphatic rings. The molecule has 4 rings (SSSR count). The van der Waals surface area contributed by atoms with Crippen LogP contribution in [-0.2, 0) is 14.8 Å². The maximum Gasteiger partial charge on any atom is 0.264 e. The topological polar surface area (TPSA) is 122 Å². The Morgan fingerprint density at radius 1 is 1.21 bits per heavy atom. The molecule has 172 valence electrons. The Hall–Kier alpha value is -3.59.